The Labute approximate surface area is 115 Å². The van der Waals surface area contributed by atoms with E-state index in [0.29, 0.717) is 0 Å². The van der Waals surface area contributed by atoms with Crippen LogP contribution in [0.4, 0.5) is 19.3 Å². The number of hydrogen-bond donors (Lipinski definition) is 3. The van der Waals surface area contributed by atoms with Gasteiger partial charge in [0.15, 0.2) is 0 Å². The Kier molecular flexibility index (Phi) is 5.42. The van der Waals surface area contributed by atoms with Gasteiger partial charge >= 0.3 is 12.0 Å². The molecule has 20 heavy (non-hydrogen) atoms. The molecule has 0 aliphatic heterocycles. The monoisotopic (exact) mass is 286 g/mol. The van der Waals surface area contributed by atoms with Crippen molar-refractivity contribution in [2.75, 3.05) is 5.32 Å². The van der Waals surface area contributed by atoms with Crippen molar-refractivity contribution < 1.29 is 23.5 Å². The molecule has 0 aromatic heterocycles. The molecule has 3 N–H and O–H groups in total. The highest BCUT2D eigenvalue weighted by molar-refractivity contribution is 5.89. The zero-order valence-corrected chi connectivity index (χ0v) is 11.2. The lowest BCUT2D eigenvalue weighted by Crippen LogP contribution is -2.36. The molecule has 0 aliphatic rings. The maximum Gasteiger partial charge on any atom is 0.319 e. The van der Waals surface area contributed by atoms with Crippen molar-refractivity contribution in [2.45, 2.75) is 32.7 Å². The van der Waals surface area contributed by atoms with Gasteiger partial charge in [0.2, 0.25) is 0 Å². The lowest BCUT2D eigenvalue weighted by atomic mass is 10.2. The van der Waals surface area contributed by atoms with Gasteiger partial charge in [-0.05, 0) is 31.9 Å². The van der Waals surface area contributed by atoms with Gasteiger partial charge in [-0.15, -0.1) is 0 Å². The van der Waals surface area contributed by atoms with Gasteiger partial charge < -0.3 is 15.7 Å². The van der Waals surface area contributed by atoms with Gasteiger partial charge in [-0.1, -0.05) is 0 Å². The molecule has 1 rings (SSSR count). The van der Waals surface area contributed by atoms with Crippen molar-refractivity contribution in [3.8, 4) is 0 Å². The van der Waals surface area contributed by atoms with Gasteiger partial charge in [-0.25, -0.2) is 13.6 Å². The summed E-state index contributed by atoms with van der Waals surface area (Å²) in [6, 6.07) is 0.764. The molecule has 0 saturated carbocycles. The van der Waals surface area contributed by atoms with Gasteiger partial charge in [0.1, 0.15) is 11.6 Å². The van der Waals surface area contributed by atoms with Crippen molar-refractivity contribution >= 4 is 17.7 Å². The molecule has 1 aromatic rings. The number of hydrogen-bond acceptors (Lipinski definition) is 2. The topological polar surface area (TPSA) is 78.4 Å². The highest BCUT2D eigenvalue weighted by Crippen LogP contribution is 2.18. The number of urea groups is 1. The predicted molar refractivity (Wildman–Crippen MR) is 69.6 cm³/mol. The largest absolute Gasteiger partial charge is 0.481 e. The number of carbonyl (C=O) groups excluding carboxylic acids is 1. The first-order valence-electron chi connectivity index (χ1n) is 6.04. The third kappa shape index (κ3) is 4.83. The van der Waals surface area contributed by atoms with Crippen LogP contribution in [-0.2, 0) is 4.79 Å². The van der Waals surface area contributed by atoms with Gasteiger partial charge in [0, 0.05) is 18.5 Å². The summed E-state index contributed by atoms with van der Waals surface area (Å²) >= 11 is 0. The van der Waals surface area contributed by atoms with Crippen molar-refractivity contribution in [3.63, 3.8) is 0 Å². The first kappa shape index (κ1) is 15.9. The number of aryl methyl sites for hydroxylation is 1. The summed E-state index contributed by atoms with van der Waals surface area (Å²) in [4.78, 5) is 21.9. The summed E-state index contributed by atoms with van der Waals surface area (Å²) < 4.78 is 26.8. The molecule has 2 amide bonds. The van der Waals surface area contributed by atoms with E-state index in [1.165, 1.54) is 6.92 Å². The molecular weight excluding hydrogens is 270 g/mol. The third-order valence-corrected chi connectivity index (χ3v) is 2.67. The second kappa shape index (κ2) is 6.83. The average Bonchev–Trinajstić information content (AvgIpc) is 2.33. The third-order valence-electron chi connectivity index (χ3n) is 2.67. The molecule has 1 unspecified atom stereocenters. The molecule has 0 saturated heterocycles. The Morgan fingerprint density at radius 2 is 1.95 bits per heavy atom. The fourth-order valence-corrected chi connectivity index (χ4v) is 1.54. The van der Waals surface area contributed by atoms with Crippen LogP contribution in [0.1, 0.15) is 25.3 Å². The Morgan fingerprint density at radius 3 is 2.55 bits per heavy atom. The highest BCUT2D eigenvalue weighted by atomic mass is 19.1. The summed E-state index contributed by atoms with van der Waals surface area (Å²) in [6.45, 7) is 3.03. The van der Waals surface area contributed by atoms with Crippen molar-refractivity contribution in [2.24, 2.45) is 0 Å². The average molecular weight is 286 g/mol. The Morgan fingerprint density at radius 1 is 1.30 bits per heavy atom. The van der Waals surface area contributed by atoms with Gasteiger partial charge in [-0.2, -0.15) is 0 Å². The van der Waals surface area contributed by atoms with Crippen LogP contribution in [-0.4, -0.2) is 23.1 Å². The summed E-state index contributed by atoms with van der Waals surface area (Å²) in [5, 5.41) is 13.1. The number of aliphatic carboxylic acids is 1. The number of carbonyl (C=O) groups is 2. The van der Waals surface area contributed by atoms with Crippen LogP contribution in [0.2, 0.25) is 0 Å². The SMILES string of the molecule is Cc1cc(F)c(NC(=O)NC(C)CCC(=O)O)cc1F. The van der Waals surface area contributed by atoms with E-state index in [0.717, 1.165) is 12.1 Å². The number of amides is 2. The number of carboxylic acids is 1. The molecule has 0 spiro atoms. The number of rotatable bonds is 5. The molecule has 1 aromatic carbocycles. The van der Waals surface area contributed by atoms with E-state index in [9.17, 15) is 18.4 Å². The van der Waals surface area contributed by atoms with Crippen LogP contribution in [0.15, 0.2) is 12.1 Å². The molecule has 110 valence electrons. The number of carboxylic acid groups (broad SMARTS) is 1. The van der Waals surface area contributed by atoms with E-state index in [2.05, 4.69) is 10.6 Å². The maximum absolute atomic E-state index is 13.5. The van der Waals surface area contributed by atoms with Crippen LogP contribution < -0.4 is 10.6 Å². The minimum absolute atomic E-state index is 0.0883. The fourth-order valence-electron chi connectivity index (χ4n) is 1.54. The Hall–Kier alpha value is -2.18. The molecule has 7 heteroatoms. The van der Waals surface area contributed by atoms with Crippen LogP contribution in [0.5, 0.6) is 0 Å². The Bertz CT molecular complexity index is 521. The zero-order chi connectivity index (χ0) is 15.3. The molecule has 0 bridgehead atoms. The van der Waals surface area contributed by atoms with E-state index in [-0.39, 0.29) is 24.1 Å². The lowest BCUT2D eigenvalue weighted by molar-refractivity contribution is -0.137. The second-order valence-corrected chi connectivity index (χ2v) is 4.51. The fraction of sp³-hybridized carbons (Fsp3) is 0.385. The number of halogens is 2. The van der Waals surface area contributed by atoms with Gasteiger partial charge in [0.05, 0.1) is 5.69 Å². The quantitative estimate of drug-likeness (QED) is 0.778. The van der Waals surface area contributed by atoms with Crippen LogP contribution in [0.25, 0.3) is 0 Å². The smallest absolute Gasteiger partial charge is 0.319 e. The van der Waals surface area contributed by atoms with Gasteiger partial charge in [0.25, 0.3) is 0 Å². The normalized spacial score (nSPS) is 11.8. The van der Waals surface area contributed by atoms with Crippen LogP contribution >= 0.6 is 0 Å². The number of benzene rings is 1. The minimum Gasteiger partial charge on any atom is -0.481 e. The lowest BCUT2D eigenvalue weighted by Gasteiger charge is -2.14. The molecular formula is C13H16F2N2O3. The van der Waals surface area contributed by atoms with Crippen LogP contribution in [0, 0.1) is 18.6 Å². The van der Waals surface area contributed by atoms with E-state index >= 15 is 0 Å². The van der Waals surface area contributed by atoms with Crippen molar-refractivity contribution in [1.82, 2.24) is 5.32 Å². The molecule has 0 radical (unpaired) electrons. The molecule has 0 heterocycles. The summed E-state index contributed by atoms with van der Waals surface area (Å²) in [5.74, 6) is -2.33. The first-order chi connectivity index (χ1) is 9.29. The Balaban J connectivity index is 2.58. The predicted octanol–water partition coefficient (Wildman–Crippen LogP) is 2.65. The van der Waals surface area contributed by atoms with E-state index in [1.54, 1.807) is 6.92 Å². The summed E-state index contributed by atoms with van der Waals surface area (Å²) in [6.07, 6.45) is 0.155. The van der Waals surface area contributed by atoms with E-state index in [4.69, 9.17) is 5.11 Å². The second-order valence-electron chi connectivity index (χ2n) is 4.51. The minimum atomic E-state index is -0.967. The first-order valence-corrected chi connectivity index (χ1v) is 6.04. The summed E-state index contributed by atoms with van der Waals surface area (Å²) in [7, 11) is 0. The van der Waals surface area contributed by atoms with Crippen molar-refractivity contribution in [1.29, 1.82) is 0 Å². The van der Waals surface area contributed by atoms with Crippen molar-refractivity contribution in [3.05, 3.63) is 29.3 Å². The van der Waals surface area contributed by atoms with Gasteiger partial charge in [-0.3, -0.25) is 4.79 Å². The molecule has 1 atom stereocenters. The summed E-state index contributed by atoms with van der Waals surface area (Å²) in [5.41, 5.74) is -0.126. The number of anilines is 1. The maximum atomic E-state index is 13.5. The van der Waals surface area contributed by atoms with Crippen LogP contribution in [0.3, 0.4) is 0 Å². The van der Waals surface area contributed by atoms with E-state index in [1.807, 2.05) is 0 Å². The molecule has 5 nitrogen and oxygen atoms in total. The highest BCUT2D eigenvalue weighted by Gasteiger charge is 2.13. The molecule has 0 aliphatic carbocycles. The number of nitrogens with one attached hydrogen (secondary N) is 2. The molecule has 0 fully saturated rings. The zero-order valence-electron chi connectivity index (χ0n) is 11.2. The standard InChI is InChI=1S/C13H16F2N2O3/c1-7-5-10(15)11(6-9(7)14)17-13(20)16-8(2)3-4-12(18)19/h5-6,8H,3-4H2,1-2H3,(H,18,19)(H2,16,17,20). The van der Waals surface area contributed by atoms with E-state index < -0.39 is 29.7 Å².